The van der Waals surface area contributed by atoms with Crippen molar-refractivity contribution in [1.82, 2.24) is 15.1 Å². The van der Waals surface area contributed by atoms with Gasteiger partial charge in [-0.3, -0.25) is 0 Å². The zero-order valence-electron chi connectivity index (χ0n) is 12.5. The minimum atomic E-state index is 0.766. The van der Waals surface area contributed by atoms with Gasteiger partial charge in [0, 0.05) is 25.2 Å². The molecule has 0 radical (unpaired) electrons. The quantitative estimate of drug-likeness (QED) is 0.806. The number of nitrogens with zero attached hydrogens (tertiary/aromatic N) is 2. The molecule has 3 atom stereocenters. The first-order valence-corrected chi connectivity index (χ1v) is 7.81. The molecule has 1 heterocycles. The molecule has 2 fully saturated rings. The Morgan fingerprint density at radius 3 is 2.78 bits per heavy atom. The average Bonchev–Trinajstić information content (AvgIpc) is 2.75. The van der Waals surface area contributed by atoms with Crippen molar-refractivity contribution in [3.63, 3.8) is 0 Å². The van der Waals surface area contributed by atoms with Gasteiger partial charge in [0.1, 0.15) is 0 Å². The summed E-state index contributed by atoms with van der Waals surface area (Å²) in [6, 6.07) is 1.58. The summed E-state index contributed by atoms with van der Waals surface area (Å²) in [5, 5.41) is 3.64. The van der Waals surface area contributed by atoms with Crippen LogP contribution < -0.4 is 5.32 Å². The Morgan fingerprint density at radius 2 is 2.11 bits per heavy atom. The van der Waals surface area contributed by atoms with E-state index in [0.29, 0.717) is 0 Å². The van der Waals surface area contributed by atoms with Crippen molar-refractivity contribution in [2.45, 2.75) is 51.1 Å². The summed E-state index contributed by atoms with van der Waals surface area (Å²) >= 11 is 0. The summed E-state index contributed by atoms with van der Waals surface area (Å²) in [6.07, 6.45) is 6.93. The lowest BCUT2D eigenvalue weighted by Crippen LogP contribution is -2.44. The van der Waals surface area contributed by atoms with Gasteiger partial charge in [0.05, 0.1) is 0 Å². The highest BCUT2D eigenvalue weighted by atomic mass is 15.2. The van der Waals surface area contributed by atoms with Gasteiger partial charge in [0.2, 0.25) is 0 Å². The molecule has 3 heteroatoms. The fraction of sp³-hybridized carbons (Fsp3) is 1.00. The second-order valence-corrected chi connectivity index (χ2v) is 6.43. The lowest BCUT2D eigenvalue weighted by Gasteiger charge is -2.36. The van der Waals surface area contributed by atoms with Gasteiger partial charge >= 0.3 is 0 Å². The van der Waals surface area contributed by atoms with Gasteiger partial charge in [0.25, 0.3) is 0 Å². The second kappa shape index (κ2) is 6.88. The van der Waals surface area contributed by atoms with Crippen LogP contribution in [0.25, 0.3) is 0 Å². The maximum Gasteiger partial charge on any atom is 0.0107 e. The molecule has 3 nitrogen and oxygen atoms in total. The van der Waals surface area contributed by atoms with Gasteiger partial charge in [-0.05, 0) is 58.8 Å². The van der Waals surface area contributed by atoms with Crippen molar-refractivity contribution in [1.29, 1.82) is 0 Å². The third-order valence-electron chi connectivity index (χ3n) is 4.80. The first-order chi connectivity index (χ1) is 8.69. The van der Waals surface area contributed by atoms with Crippen LogP contribution in [0.2, 0.25) is 0 Å². The SMILES string of the molecule is CCNC1CCCC(N(C)CC2CCN(C)C2)C1. The number of rotatable bonds is 5. The van der Waals surface area contributed by atoms with Crippen molar-refractivity contribution >= 4 is 0 Å². The highest BCUT2D eigenvalue weighted by molar-refractivity contribution is 4.84. The van der Waals surface area contributed by atoms with E-state index in [4.69, 9.17) is 0 Å². The molecule has 0 aromatic rings. The maximum atomic E-state index is 3.64. The van der Waals surface area contributed by atoms with Crippen LogP contribution in [0.1, 0.15) is 39.0 Å². The molecule has 0 aromatic carbocycles. The van der Waals surface area contributed by atoms with E-state index >= 15 is 0 Å². The van der Waals surface area contributed by atoms with E-state index < -0.39 is 0 Å². The number of hydrogen-bond donors (Lipinski definition) is 1. The topological polar surface area (TPSA) is 18.5 Å². The molecule has 18 heavy (non-hydrogen) atoms. The molecule has 1 aliphatic carbocycles. The minimum absolute atomic E-state index is 0.766. The largest absolute Gasteiger partial charge is 0.314 e. The van der Waals surface area contributed by atoms with Crippen molar-refractivity contribution < 1.29 is 0 Å². The molecular formula is C15H31N3. The molecule has 0 spiro atoms. The van der Waals surface area contributed by atoms with Crippen LogP contribution in [0, 0.1) is 5.92 Å². The third kappa shape index (κ3) is 3.94. The first kappa shape index (κ1) is 14.3. The van der Waals surface area contributed by atoms with Gasteiger partial charge in [-0.15, -0.1) is 0 Å². The molecule has 3 unspecified atom stereocenters. The van der Waals surface area contributed by atoms with Crippen LogP contribution in [-0.4, -0.2) is 62.2 Å². The summed E-state index contributed by atoms with van der Waals surface area (Å²) in [5.41, 5.74) is 0. The molecule has 2 aliphatic rings. The summed E-state index contributed by atoms with van der Waals surface area (Å²) in [6.45, 7) is 7.24. The average molecular weight is 253 g/mol. The van der Waals surface area contributed by atoms with Gasteiger partial charge in [-0.1, -0.05) is 13.3 Å². The van der Waals surface area contributed by atoms with Crippen molar-refractivity contribution in [2.75, 3.05) is 40.3 Å². The molecule has 1 N–H and O–H groups in total. The van der Waals surface area contributed by atoms with E-state index in [-0.39, 0.29) is 0 Å². The van der Waals surface area contributed by atoms with Crippen LogP contribution in [0.4, 0.5) is 0 Å². The Kier molecular flexibility index (Phi) is 5.46. The molecular weight excluding hydrogens is 222 g/mol. The van der Waals surface area contributed by atoms with Crippen molar-refractivity contribution in [3.8, 4) is 0 Å². The molecule has 106 valence electrons. The summed E-state index contributed by atoms with van der Waals surface area (Å²) in [5.74, 6) is 0.902. The lowest BCUT2D eigenvalue weighted by atomic mass is 9.89. The third-order valence-corrected chi connectivity index (χ3v) is 4.80. The number of likely N-dealkylation sites (tertiary alicyclic amines) is 1. The fourth-order valence-electron chi connectivity index (χ4n) is 3.77. The Bertz CT molecular complexity index is 242. The number of hydrogen-bond acceptors (Lipinski definition) is 3. The van der Waals surface area contributed by atoms with E-state index in [1.807, 2.05) is 0 Å². The summed E-state index contributed by atoms with van der Waals surface area (Å²) in [7, 11) is 4.60. The second-order valence-electron chi connectivity index (χ2n) is 6.43. The van der Waals surface area contributed by atoms with E-state index in [1.165, 1.54) is 51.7 Å². The van der Waals surface area contributed by atoms with E-state index in [9.17, 15) is 0 Å². The van der Waals surface area contributed by atoms with Crippen LogP contribution in [-0.2, 0) is 0 Å². The lowest BCUT2D eigenvalue weighted by molar-refractivity contribution is 0.150. The fourth-order valence-corrected chi connectivity index (χ4v) is 3.77. The van der Waals surface area contributed by atoms with E-state index in [0.717, 1.165) is 24.5 Å². The smallest absolute Gasteiger partial charge is 0.0107 e. The standard InChI is InChI=1S/C15H31N3/c1-4-16-14-6-5-7-15(10-14)18(3)12-13-8-9-17(2)11-13/h13-16H,4-12H2,1-3H3. The van der Waals surface area contributed by atoms with Crippen LogP contribution >= 0.6 is 0 Å². The molecule has 1 saturated carbocycles. The van der Waals surface area contributed by atoms with Gasteiger partial charge < -0.3 is 15.1 Å². The van der Waals surface area contributed by atoms with E-state index in [2.05, 4.69) is 36.1 Å². The molecule has 0 amide bonds. The Morgan fingerprint density at radius 1 is 1.28 bits per heavy atom. The maximum absolute atomic E-state index is 3.64. The predicted molar refractivity (Wildman–Crippen MR) is 78.0 cm³/mol. The van der Waals surface area contributed by atoms with Gasteiger partial charge in [-0.2, -0.15) is 0 Å². The normalized spacial score (nSPS) is 34.3. The van der Waals surface area contributed by atoms with Crippen molar-refractivity contribution in [3.05, 3.63) is 0 Å². The van der Waals surface area contributed by atoms with Crippen LogP contribution in [0.15, 0.2) is 0 Å². The Hall–Kier alpha value is -0.120. The monoisotopic (exact) mass is 253 g/mol. The zero-order valence-corrected chi connectivity index (χ0v) is 12.5. The predicted octanol–water partition coefficient (Wildman–Crippen LogP) is 1.79. The highest BCUT2D eigenvalue weighted by Gasteiger charge is 2.27. The molecule has 1 aliphatic heterocycles. The van der Waals surface area contributed by atoms with Crippen molar-refractivity contribution in [2.24, 2.45) is 5.92 Å². The van der Waals surface area contributed by atoms with E-state index in [1.54, 1.807) is 0 Å². The zero-order chi connectivity index (χ0) is 13.0. The van der Waals surface area contributed by atoms with Gasteiger partial charge in [-0.25, -0.2) is 0 Å². The Balaban J connectivity index is 1.75. The van der Waals surface area contributed by atoms with Crippen LogP contribution in [0.5, 0.6) is 0 Å². The molecule has 0 bridgehead atoms. The minimum Gasteiger partial charge on any atom is -0.314 e. The summed E-state index contributed by atoms with van der Waals surface area (Å²) < 4.78 is 0. The molecule has 1 saturated heterocycles. The molecule has 2 rings (SSSR count). The highest BCUT2D eigenvalue weighted by Crippen LogP contribution is 2.24. The van der Waals surface area contributed by atoms with Crippen LogP contribution in [0.3, 0.4) is 0 Å². The summed E-state index contributed by atoms with van der Waals surface area (Å²) in [4.78, 5) is 5.12. The van der Waals surface area contributed by atoms with Gasteiger partial charge in [0.15, 0.2) is 0 Å². The molecule has 0 aromatic heterocycles. The first-order valence-electron chi connectivity index (χ1n) is 7.81. The number of nitrogens with one attached hydrogen (secondary N) is 1. The Labute approximate surface area is 113 Å².